The van der Waals surface area contributed by atoms with Crippen molar-refractivity contribution < 1.29 is 18.9 Å². The third kappa shape index (κ3) is 2.65. The fourth-order valence-corrected chi connectivity index (χ4v) is 0.552. The van der Waals surface area contributed by atoms with Gasteiger partial charge in [0.2, 0.25) is 0 Å². The monoisotopic (exact) mass is 212 g/mol. The summed E-state index contributed by atoms with van der Waals surface area (Å²) in [5.74, 6) is 0. The molecule has 1 rings (SSSR count). The molecule has 0 saturated carbocycles. The molecule has 8 heavy (non-hydrogen) atoms. The Hall–Kier alpha value is 0.407. The molecule has 0 fully saturated rings. The van der Waals surface area contributed by atoms with Crippen LogP contribution in [0.5, 0.6) is 0 Å². The Morgan fingerprint density at radius 1 is 1.50 bits per heavy atom. The van der Waals surface area contributed by atoms with Crippen LogP contribution in [0.3, 0.4) is 0 Å². The van der Waals surface area contributed by atoms with Gasteiger partial charge in [0, 0.05) is 3.70 Å². The van der Waals surface area contributed by atoms with E-state index < -0.39 is 0 Å². The van der Waals surface area contributed by atoms with Crippen LogP contribution in [0, 0.1) is 9.90 Å². The van der Waals surface area contributed by atoms with Gasteiger partial charge in [0.05, 0.1) is 0 Å². The Balaban J connectivity index is 0.000000490. The van der Waals surface area contributed by atoms with Crippen LogP contribution in [0.1, 0.15) is 0 Å². The van der Waals surface area contributed by atoms with Gasteiger partial charge in [-0.15, -0.1) is 12.4 Å². The van der Waals surface area contributed by atoms with Crippen LogP contribution in [0.15, 0.2) is 12.4 Å². The molecule has 0 spiro atoms. The van der Waals surface area contributed by atoms with Crippen molar-refractivity contribution in [3.63, 3.8) is 0 Å². The van der Waals surface area contributed by atoms with E-state index in [1.165, 1.54) is 0 Å². The van der Waals surface area contributed by atoms with Gasteiger partial charge in [0.1, 0.15) is 0 Å². The van der Waals surface area contributed by atoms with Gasteiger partial charge in [-0.25, -0.2) is 0 Å². The van der Waals surface area contributed by atoms with E-state index in [2.05, 4.69) is 38.8 Å². The van der Waals surface area contributed by atoms with Gasteiger partial charge in [-0.1, -0.05) is 0 Å². The predicted octanol–water partition coefficient (Wildman–Crippen LogP) is -2.11. The topological polar surface area (TPSA) is 25.8 Å². The first-order valence-corrected chi connectivity index (χ1v) is 2.81. The summed E-state index contributed by atoms with van der Waals surface area (Å²) in [7, 11) is 0. The Bertz CT molecular complexity index is 144. The molecule has 0 aliphatic rings. The molecule has 0 aliphatic heterocycles. The van der Waals surface area contributed by atoms with E-state index in [0.29, 0.717) is 0 Å². The minimum Gasteiger partial charge on any atom is -0.455 e. The maximum atomic E-state index is 3.85. The molecule has 0 atom stereocenters. The summed E-state index contributed by atoms with van der Waals surface area (Å²) in [5, 5.41) is 0. The third-order valence-electron chi connectivity index (χ3n) is 0.486. The Morgan fingerprint density at radius 3 is 2.50 bits per heavy atom. The second kappa shape index (κ2) is 4.30. The molecule has 36 valence electrons. The minimum atomic E-state index is 0. The summed E-state index contributed by atoms with van der Waals surface area (Å²) >= 11 is 2.05. The SMILES string of the molecule is Ic1[c-]nccn1.[Li+]. The number of rotatable bonds is 0. The van der Waals surface area contributed by atoms with Crippen molar-refractivity contribution in [1.29, 1.82) is 0 Å². The van der Waals surface area contributed by atoms with Crippen LogP contribution in [0.4, 0.5) is 0 Å². The summed E-state index contributed by atoms with van der Waals surface area (Å²) in [6, 6.07) is 0. The van der Waals surface area contributed by atoms with E-state index >= 15 is 0 Å². The molecule has 2 nitrogen and oxygen atoms in total. The zero-order chi connectivity index (χ0) is 5.11. The van der Waals surface area contributed by atoms with Gasteiger partial charge in [0.15, 0.2) is 0 Å². The van der Waals surface area contributed by atoms with Crippen molar-refractivity contribution in [2.45, 2.75) is 0 Å². The van der Waals surface area contributed by atoms with Gasteiger partial charge in [0.25, 0.3) is 0 Å². The Morgan fingerprint density at radius 2 is 2.25 bits per heavy atom. The second-order valence-corrected chi connectivity index (χ2v) is 1.98. The number of hydrogen-bond acceptors (Lipinski definition) is 2. The smallest absolute Gasteiger partial charge is 0.455 e. The van der Waals surface area contributed by atoms with Crippen molar-refractivity contribution in [3.8, 4) is 0 Å². The molecule has 0 saturated heterocycles. The van der Waals surface area contributed by atoms with Crippen molar-refractivity contribution >= 4 is 22.6 Å². The van der Waals surface area contributed by atoms with E-state index in [1.807, 2.05) is 0 Å². The fraction of sp³-hybridized carbons (Fsp3) is 0. The summed E-state index contributed by atoms with van der Waals surface area (Å²) in [6.07, 6.45) is 5.89. The summed E-state index contributed by atoms with van der Waals surface area (Å²) in [4.78, 5) is 7.54. The van der Waals surface area contributed by atoms with Gasteiger partial charge in [-0.3, -0.25) is 4.98 Å². The zero-order valence-electron chi connectivity index (χ0n) is 4.43. The maximum Gasteiger partial charge on any atom is 1.00 e. The average Bonchev–Trinajstić information content (AvgIpc) is 1.69. The molecular weight excluding hydrogens is 210 g/mol. The largest absolute Gasteiger partial charge is 1.00 e. The van der Waals surface area contributed by atoms with Crippen LogP contribution in [0.25, 0.3) is 0 Å². The number of nitrogens with zero attached hydrogens (tertiary/aromatic N) is 2. The van der Waals surface area contributed by atoms with Crippen LogP contribution in [-0.2, 0) is 0 Å². The number of aromatic nitrogens is 2. The van der Waals surface area contributed by atoms with Crippen molar-refractivity contribution in [3.05, 3.63) is 22.3 Å². The Labute approximate surface area is 73.4 Å². The van der Waals surface area contributed by atoms with Gasteiger partial charge in [-0.05, 0) is 28.8 Å². The first kappa shape index (κ1) is 8.41. The standard InChI is InChI=1S/C4H2IN2.Li/c5-4-3-6-1-2-7-4;/h1-2H;/q-1;+1. The first-order chi connectivity index (χ1) is 3.39. The quantitative estimate of drug-likeness (QED) is 0.279. The van der Waals surface area contributed by atoms with E-state index in [1.54, 1.807) is 12.4 Å². The van der Waals surface area contributed by atoms with Crippen LogP contribution in [-0.4, -0.2) is 9.97 Å². The van der Waals surface area contributed by atoms with E-state index in [0.717, 1.165) is 3.70 Å². The van der Waals surface area contributed by atoms with Crippen LogP contribution >= 0.6 is 22.6 Å². The molecule has 0 aromatic carbocycles. The molecule has 1 aromatic heterocycles. The van der Waals surface area contributed by atoms with Gasteiger partial charge in [-0.2, -0.15) is 0 Å². The maximum absolute atomic E-state index is 3.85. The van der Waals surface area contributed by atoms with Gasteiger partial charge >= 0.3 is 18.9 Å². The van der Waals surface area contributed by atoms with Crippen LogP contribution in [0.2, 0.25) is 0 Å². The van der Waals surface area contributed by atoms with E-state index in [9.17, 15) is 0 Å². The average molecular weight is 212 g/mol. The second-order valence-electron chi connectivity index (χ2n) is 0.959. The molecule has 0 radical (unpaired) electrons. The molecular formula is C4H2ILiN2. The molecule has 0 amide bonds. The Kier molecular flexibility index (Phi) is 4.52. The fourth-order valence-electron chi connectivity index (χ4n) is 0.252. The molecule has 0 aliphatic carbocycles. The van der Waals surface area contributed by atoms with Gasteiger partial charge < -0.3 is 4.98 Å². The molecule has 0 N–H and O–H groups in total. The summed E-state index contributed by atoms with van der Waals surface area (Å²) in [6.45, 7) is 0. The van der Waals surface area contributed by atoms with Crippen molar-refractivity contribution in [1.82, 2.24) is 9.97 Å². The predicted molar refractivity (Wildman–Crippen MR) is 33.6 cm³/mol. The number of hydrogen-bond donors (Lipinski definition) is 0. The molecule has 4 heteroatoms. The first-order valence-electron chi connectivity index (χ1n) is 1.74. The van der Waals surface area contributed by atoms with Crippen molar-refractivity contribution in [2.24, 2.45) is 0 Å². The minimum absolute atomic E-state index is 0. The molecule has 0 bridgehead atoms. The molecule has 1 heterocycles. The third-order valence-corrected chi connectivity index (χ3v) is 1.01. The molecule has 1 aromatic rings. The normalized spacial score (nSPS) is 7.62. The summed E-state index contributed by atoms with van der Waals surface area (Å²) in [5.41, 5.74) is 0. The van der Waals surface area contributed by atoms with E-state index in [-0.39, 0.29) is 18.9 Å². The van der Waals surface area contributed by atoms with Crippen molar-refractivity contribution in [2.75, 3.05) is 0 Å². The van der Waals surface area contributed by atoms with Crippen LogP contribution < -0.4 is 18.9 Å². The summed E-state index contributed by atoms with van der Waals surface area (Å²) < 4.78 is 0.806. The molecule has 0 unspecified atom stereocenters. The number of halogens is 1. The van der Waals surface area contributed by atoms with E-state index in [4.69, 9.17) is 0 Å². The zero-order valence-corrected chi connectivity index (χ0v) is 6.58.